The number of nitrogen functional groups attached to an aromatic ring is 1. The number of hydrogen-bond donors (Lipinski definition) is 1. The molecule has 0 aliphatic heterocycles. The molecule has 0 unspecified atom stereocenters. The van der Waals surface area contributed by atoms with Gasteiger partial charge < -0.3 is 5.73 Å². The maximum Gasteiger partial charge on any atom is 0.136 e. The predicted octanol–water partition coefficient (Wildman–Crippen LogP) is 4.07. The molecule has 0 fully saturated rings. The molecule has 0 saturated heterocycles. The van der Waals surface area contributed by atoms with Gasteiger partial charge in [0.05, 0.1) is 5.39 Å². The van der Waals surface area contributed by atoms with Gasteiger partial charge in [-0.2, -0.15) is 0 Å². The van der Waals surface area contributed by atoms with Gasteiger partial charge in [0.25, 0.3) is 0 Å². The van der Waals surface area contributed by atoms with Crippen LogP contribution in [-0.4, -0.2) is 9.97 Å². The molecule has 0 aliphatic carbocycles. The first-order valence-electron chi connectivity index (χ1n) is 6.85. The highest BCUT2D eigenvalue weighted by molar-refractivity contribution is 7.19. The number of benzene rings is 1. The van der Waals surface area contributed by atoms with Crippen molar-refractivity contribution in [3.8, 4) is 11.1 Å². The molecule has 20 heavy (non-hydrogen) atoms. The van der Waals surface area contributed by atoms with E-state index in [1.165, 1.54) is 27.9 Å². The molecule has 0 spiro atoms. The van der Waals surface area contributed by atoms with Crippen LogP contribution in [0.3, 0.4) is 0 Å². The van der Waals surface area contributed by atoms with Gasteiger partial charge in [-0.25, -0.2) is 9.97 Å². The second-order valence-corrected chi connectivity index (χ2v) is 5.83. The van der Waals surface area contributed by atoms with Gasteiger partial charge in [-0.1, -0.05) is 38.1 Å². The van der Waals surface area contributed by atoms with Crippen molar-refractivity contribution in [1.82, 2.24) is 9.97 Å². The molecule has 0 bridgehead atoms. The smallest absolute Gasteiger partial charge is 0.136 e. The largest absolute Gasteiger partial charge is 0.383 e. The third-order valence-electron chi connectivity index (χ3n) is 3.56. The molecule has 102 valence electrons. The van der Waals surface area contributed by atoms with E-state index < -0.39 is 0 Å². The average molecular weight is 283 g/mol. The number of nitrogens with zero attached hydrogens (tertiary/aromatic N) is 2. The number of thiophene rings is 1. The summed E-state index contributed by atoms with van der Waals surface area (Å²) in [6.45, 7) is 4.33. The lowest BCUT2D eigenvalue weighted by molar-refractivity contribution is 1.14. The minimum absolute atomic E-state index is 0.570. The number of nitrogens with two attached hydrogens (primary N) is 1. The first-order valence-corrected chi connectivity index (χ1v) is 7.67. The molecule has 0 aliphatic rings. The molecule has 1 aromatic carbocycles. The lowest BCUT2D eigenvalue weighted by Crippen LogP contribution is -1.92. The Morgan fingerprint density at radius 3 is 2.45 bits per heavy atom. The van der Waals surface area contributed by atoms with Crippen molar-refractivity contribution >= 4 is 27.4 Å². The fraction of sp³-hybridized carbons (Fsp3) is 0.250. The second-order valence-electron chi connectivity index (χ2n) is 4.74. The Balaban J connectivity index is 2.27. The summed E-state index contributed by atoms with van der Waals surface area (Å²) in [5.74, 6) is 0.570. The SMILES string of the molecule is CCc1ccc(-c2c(CC)sc3ncnc(N)c23)cc1. The van der Waals surface area contributed by atoms with Crippen molar-refractivity contribution in [2.24, 2.45) is 0 Å². The maximum absolute atomic E-state index is 6.07. The van der Waals surface area contributed by atoms with Crippen molar-refractivity contribution < 1.29 is 0 Å². The van der Waals surface area contributed by atoms with Crippen LogP contribution in [0.4, 0.5) is 5.82 Å². The summed E-state index contributed by atoms with van der Waals surface area (Å²) in [6, 6.07) is 8.70. The molecule has 2 heterocycles. The summed E-state index contributed by atoms with van der Waals surface area (Å²) in [5, 5.41) is 0.999. The van der Waals surface area contributed by atoms with Gasteiger partial charge in [-0.3, -0.25) is 0 Å². The van der Waals surface area contributed by atoms with Crippen LogP contribution in [0.1, 0.15) is 24.3 Å². The van der Waals surface area contributed by atoms with E-state index in [1.807, 2.05) is 0 Å². The van der Waals surface area contributed by atoms with E-state index in [2.05, 4.69) is 48.1 Å². The summed E-state index contributed by atoms with van der Waals surface area (Å²) in [7, 11) is 0. The van der Waals surface area contributed by atoms with E-state index in [0.717, 1.165) is 23.1 Å². The predicted molar refractivity (Wildman–Crippen MR) is 86.0 cm³/mol. The van der Waals surface area contributed by atoms with Gasteiger partial charge in [0.1, 0.15) is 17.0 Å². The van der Waals surface area contributed by atoms with E-state index in [4.69, 9.17) is 5.73 Å². The van der Waals surface area contributed by atoms with E-state index in [9.17, 15) is 0 Å². The Hall–Kier alpha value is -1.94. The van der Waals surface area contributed by atoms with Gasteiger partial charge in [-0.15, -0.1) is 11.3 Å². The Kier molecular flexibility index (Phi) is 3.40. The number of anilines is 1. The molecule has 3 rings (SSSR count). The summed E-state index contributed by atoms with van der Waals surface area (Å²) in [5.41, 5.74) is 9.82. The second kappa shape index (κ2) is 5.21. The molecular weight excluding hydrogens is 266 g/mol. The number of rotatable bonds is 3. The Morgan fingerprint density at radius 2 is 1.80 bits per heavy atom. The van der Waals surface area contributed by atoms with E-state index in [0.29, 0.717) is 5.82 Å². The average Bonchev–Trinajstić information content (AvgIpc) is 2.87. The molecule has 0 radical (unpaired) electrons. The topological polar surface area (TPSA) is 51.8 Å². The minimum atomic E-state index is 0.570. The number of hydrogen-bond acceptors (Lipinski definition) is 4. The van der Waals surface area contributed by atoms with Gasteiger partial charge >= 0.3 is 0 Å². The standard InChI is InChI=1S/C16H17N3S/c1-3-10-5-7-11(8-6-10)13-12(4-2)20-16-14(13)15(17)18-9-19-16/h5-9H,3-4H2,1-2H3,(H2,17,18,19). The highest BCUT2D eigenvalue weighted by Crippen LogP contribution is 2.40. The number of fused-ring (bicyclic) bond motifs is 1. The third-order valence-corrected chi connectivity index (χ3v) is 4.80. The molecule has 0 atom stereocenters. The Morgan fingerprint density at radius 1 is 1.05 bits per heavy atom. The van der Waals surface area contributed by atoms with Crippen LogP contribution in [0.2, 0.25) is 0 Å². The summed E-state index contributed by atoms with van der Waals surface area (Å²) >= 11 is 1.71. The summed E-state index contributed by atoms with van der Waals surface area (Å²) in [6.07, 6.45) is 3.57. The van der Waals surface area contributed by atoms with Crippen molar-refractivity contribution in [3.63, 3.8) is 0 Å². The van der Waals surface area contributed by atoms with Crippen molar-refractivity contribution in [2.75, 3.05) is 5.73 Å². The quantitative estimate of drug-likeness (QED) is 0.788. The van der Waals surface area contributed by atoms with Crippen LogP contribution >= 0.6 is 11.3 Å². The van der Waals surface area contributed by atoms with Crippen LogP contribution in [0, 0.1) is 0 Å². The molecule has 0 amide bonds. The van der Waals surface area contributed by atoms with Gasteiger partial charge in [0, 0.05) is 10.4 Å². The van der Waals surface area contributed by atoms with Gasteiger partial charge in [-0.05, 0) is 24.0 Å². The third kappa shape index (κ3) is 2.06. The molecule has 3 nitrogen and oxygen atoms in total. The van der Waals surface area contributed by atoms with E-state index in [-0.39, 0.29) is 0 Å². The number of aryl methyl sites for hydroxylation is 2. The zero-order chi connectivity index (χ0) is 14.1. The van der Waals surface area contributed by atoms with Crippen LogP contribution < -0.4 is 5.73 Å². The molecule has 2 N–H and O–H groups in total. The molecule has 4 heteroatoms. The first kappa shape index (κ1) is 13.1. The highest BCUT2D eigenvalue weighted by atomic mass is 32.1. The summed E-state index contributed by atoms with van der Waals surface area (Å²) < 4.78 is 0. The zero-order valence-electron chi connectivity index (χ0n) is 11.7. The van der Waals surface area contributed by atoms with Crippen molar-refractivity contribution in [3.05, 3.63) is 41.0 Å². The first-order chi connectivity index (χ1) is 9.74. The maximum atomic E-state index is 6.07. The number of aromatic nitrogens is 2. The molecule has 2 aromatic heterocycles. The summed E-state index contributed by atoms with van der Waals surface area (Å²) in [4.78, 5) is 10.8. The normalized spacial score (nSPS) is 11.1. The van der Waals surface area contributed by atoms with Gasteiger partial charge in [0.15, 0.2) is 0 Å². The van der Waals surface area contributed by atoms with Crippen LogP contribution in [-0.2, 0) is 12.8 Å². The van der Waals surface area contributed by atoms with Crippen molar-refractivity contribution in [1.29, 1.82) is 0 Å². The monoisotopic (exact) mass is 283 g/mol. The zero-order valence-corrected chi connectivity index (χ0v) is 12.5. The molecule has 0 saturated carbocycles. The Bertz CT molecular complexity index is 744. The van der Waals surface area contributed by atoms with E-state index >= 15 is 0 Å². The lowest BCUT2D eigenvalue weighted by Gasteiger charge is -2.06. The molecule has 3 aromatic rings. The van der Waals surface area contributed by atoms with E-state index in [1.54, 1.807) is 11.3 Å². The van der Waals surface area contributed by atoms with Gasteiger partial charge in [0.2, 0.25) is 0 Å². The Labute approximate surface area is 122 Å². The van der Waals surface area contributed by atoms with Crippen molar-refractivity contribution in [2.45, 2.75) is 26.7 Å². The fourth-order valence-corrected chi connectivity index (χ4v) is 3.57. The van der Waals surface area contributed by atoms with Crippen LogP contribution in [0.5, 0.6) is 0 Å². The highest BCUT2D eigenvalue weighted by Gasteiger charge is 2.16. The fourth-order valence-electron chi connectivity index (χ4n) is 2.46. The minimum Gasteiger partial charge on any atom is -0.383 e. The lowest BCUT2D eigenvalue weighted by atomic mass is 10.0. The van der Waals surface area contributed by atoms with Crippen LogP contribution in [0.25, 0.3) is 21.3 Å². The molecular formula is C16H17N3S. The van der Waals surface area contributed by atoms with Crippen LogP contribution in [0.15, 0.2) is 30.6 Å².